The van der Waals surface area contributed by atoms with Crippen LogP contribution < -0.4 is 16.1 Å². The third kappa shape index (κ3) is 1.81. The summed E-state index contributed by atoms with van der Waals surface area (Å²) in [5.41, 5.74) is 6.57. The Morgan fingerprint density at radius 2 is 2.05 bits per heavy atom. The van der Waals surface area contributed by atoms with Crippen LogP contribution >= 0.6 is 0 Å². The Morgan fingerprint density at radius 3 is 2.82 bits per heavy atom. The number of hydrogen-bond donors (Lipinski definition) is 2. The van der Waals surface area contributed by atoms with Crippen LogP contribution in [0.25, 0.3) is 11.0 Å². The van der Waals surface area contributed by atoms with Crippen LogP contribution in [-0.4, -0.2) is 5.72 Å². The summed E-state index contributed by atoms with van der Waals surface area (Å²) in [5.74, 6) is 1.55. The van der Waals surface area contributed by atoms with Crippen molar-refractivity contribution in [1.29, 1.82) is 0 Å². The second-order valence-corrected chi connectivity index (χ2v) is 6.72. The largest absolute Gasteiger partial charge is 0.438 e. The standard InChI is InChI=1S/C16H18FN3O2/c17-13-6-3-11-7-15(21-14(11)8-13)20-18-16(22-19-20)9-10-1-4-12(16)5-2-10/h3,6-8,10,12,18-19H,1-2,4-5,9H2. The number of fused-ring (bicyclic) bond motifs is 3. The molecule has 3 aliphatic carbocycles. The fraction of sp³-hybridized carbons (Fsp3) is 0.500. The number of benzene rings is 1. The first-order chi connectivity index (χ1) is 10.7. The van der Waals surface area contributed by atoms with E-state index in [4.69, 9.17) is 9.25 Å². The number of hydrogen-bond acceptors (Lipinski definition) is 5. The summed E-state index contributed by atoms with van der Waals surface area (Å²) in [4.78, 5) is 5.93. The van der Waals surface area contributed by atoms with Gasteiger partial charge in [-0.3, -0.25) is 4.84 Å². The van der Waals surface area contributed by atoms with Gasteiger partial charge in [-0.05, 0) is 50.2 Å². The van der Waals surface area contributed by atoms with Crippen molar-refractivity contribution in [2.45, 2.75) is 37.8 Å². The molecular formula is C16H18FN3O2. The Kier molecular flexibility index (Phi) is 2.60. The first-order valence-electron chi connectivity index (χ1n) is 7.93. The maximum Gasteiger partial charge on any atom is 0.227 e. The highest BCUT2D eigenvalue weighted by molar-refractivity contribution is 5.80. The van der Waals surface area contributed by atoms with Gasteiger partial charge in [-0.1, -0.05) is 5.59 Å². The molecular weight excluding hydrogens is 285 g/mol. The molecule has 116 valence electrons. The van der Waals surface area contributed by atoms with Crippen molar-refractivity contribution in [2.24, 2.45) is 11.8 Å². The van der Waals surface area contributed by atoms with Crippen molar-refractivity contribution in [3.05, 3.63) is 30.1 Å². The highest BCUT2D eigenvalue weighted by Gasteiger charge is 2.53. The molecule has 6 heteroatoms. The van der Waals surface area contributed by atoms with Gasteiger partial charge in [-0.25, -0.2) is 4.39 Å². The number of halogens is 1. The number of anilines is 1. The molecule has 2 N–H and O–H groups in total. The molecule has 0 amide bonds. The van der Waals surface area contributed by atoms with Gasteiger partial charge in [-0.2, -0.15) is 10.5 Å². The molecule has 1 saturated heterocycles. The molecule has 6 rings (SSSR count). The molecule has 1 spiro atoms. The van der Waals surface area contributed by atoms with Crippen LogP contribution in [0.5, 0.6) is 0 Å². The van der Waals surface area contributed by atoms with E-state index < -0.39 is 0 Å². The Morgan fingerprint density at radius 1 is 1.18 bits per heavy atom. The van der Waals surface area contributed by atoms with E-state index in [-0.39, 0.29) is 11.5 Å². The van der Waals surface area contributed by atoms with E-state index >= 15 is 0 Å². The summed E-state index contributed by atoms with van der Waals surface area (Å²) in [6.07, 6.45) is 6.05. The molecule has 1 aromatic heterocycles. The van der Waals surface area contributed by atoms with Crippen molar-refractivity contribution < 1.29 is 13.6 Å². The molecule has 22 heavy (non-hydrogen) atoms. The van der Waals surface area contributed by atoms with Gasteiger partial charge in [0.25, 0.3) is 0 Å². The van der Waals surface area contributed by atoms with Gasteiger partial charge in [-0.15, -0.1) is 0 Å². The van der Waals surface area contributed by atoms with Crippen LogP contribution in [0.1, 0.15) is 32.1 Å². The molecule has 1 atom stereocenters. The smallest absolute Gasteiger partial charge is 0.227 e. The predicted octanol–water partition coefficient (Wildman–Crippen LogP) is 3.24. The van der Waals surface area contributed by atoms with Crippen LogP contribution in [0.3, 0.4) is 0 Å². The van der Waals surface area contributed by atoms with Crippen molar-refractivity contribution >= 4 is 16.9 Å². The van der Waals surface area contributed by atoms with Gasteiger partial charge in [0.15, 0.2) is 5.72 Å². The van der Waals surface area contributed by atoms with Crippen molar-refractivity contribution in [3.8, 4) is 0 Å². The lowest BCUT2D eigenvalue weighted by Gasteiger charge is -2.47. The lowest BCUT2D eigenvalue weighted by molar-refractivity contribution is -0.153. The third-order valence-corrected chi connectivity index (χ3v) is 5.41. The molecule has 1 aromatic carbocycles. The molecule has 0 radical (unpaired) electrons. The summed E-state index contributed by atoms with van der Waals surface area (Å²) in [6, 6.07) is 6.42. The van der Waals surface area contributed by atoms with Gasteiger partial charge < -0.3 is 4.42 Å². The van der Waals surface area contributed by atoms with Crippen molar-refractivity contribution in [2.75, 3.05) is 5.12 Å². The zero-order chi connectivity index (χ0) is 14.7. The molecule has 2 heterocycles. The van der Waals surface area contributed by atoms with E-state index in [1.807, 2.05) is 6.07 Å². The molecule has 1 unspecified atom stereocenters. The van der Waals surface area contributed by atoms with Crippen LogP contribution in [0.4, 0.5) is 10.3 Å². The highest BCUT2D eigenvalue weighted by Crippen LogP contribution is 2.49. The summed E-state index contributed by atoms with van der Waals surface area (Å²) in [6.45, 7) is 0. The molecule has 1 aliphatic heterocycles. The normalized spacial score (nSPS) is 34.1. The first kappa shape index (κ1) is 12.9. The number of hydrazine groups is 2. The van der Waals surface area contributed by atoms with E-state index in [9.17, 15) is 4.39 Å². The molecule has 3 saturated carbocycles. The summed E-state index contributed by atoms with van der Waals surface area (Å²) < 4.78 is 19.0. The number of rotatable bonds is 1. The molecule has 5 nitrogen and oxygen atoms in total. The average Bonchev–Trinajstić information content (AvgIpc) is 3.12. The third-order valence-electron chi connectivity index (χ3n) is 5.41. The number of nitrogens with zero attached hydrogens (tertiary/aromatic N) is 1. The Bertz CT molecular complexity index is 725. The van der Waals surface area contributed by atoms with E-state index in [1.54, 1.807) is 11.2 Å². The van der Waals surface area contributed by atoms with E-state index in [0.29, 0.717) is 17.4 Å². The monoisotopic (exact) mass is 303 g/mol. The highest BCUT2D eigenvalue weighted by atomic mass is 19.1. The number of furan rings is 1. The van der Waals surface area contributed by atoms with E-state index in [1.165, 1.54) is 37.8 Å². The van der Waals surface area contributed by atoms with Gasteiger partial charge in [0.05, 0.1) is 0 Å². The van der Waals surface area contributed by atoms with Crippen LogP contribution in [0.2, 0.25) is 0 Å². The number of nitrogens with one attached hydrogen (secondary N) is 2. The Labute approximate surface area is 127 Å². The SMILES string of the molecule is Fc1ccc2cc(N3NOC4(CC5CCC4CC5)N3)oc2c1. The maximum atomic E-state index is 13.3. The predicted molar refractivity (Wildman–Crippen MR) is 78.8 cm³/mol. The zero-order valence-corrected chi connectivity index (χ0v) is 12.1. The second-order valence-electron chi connectivity index (χ2n) is 6.72. The van der Waals surface area contributed by atoms with Crippen molar-refractivity contribution in [3.63, 3.8) is 0 Å². The maximum absolute atomic E-state index is 13.3. The van der Waals surface area contributed by atoms with E-state index in [0.717, 1.165) is 17.7 Å². The fourth-order valence-electron chi connectivity index (χ4n) is 4.25. The minimum Gasteiger partial charge on any atom is -0.438 e. The molecule has 2 bridgehead atoms. The first-order valence-corrected chi connectivity index (χ1v) is 7.93. The van der Waals surface area contributed by atoms with Gasteiger partial charge in [0, 0.05) is 23.4 Å². The minimum atomic E-state index is -0.328. The minimum absolute atomic E-state index is 0.298. The van der Waals surface area contributed by atoms with Gasteiger partial charge in [0.2, 0.25) is 5.88 Å². The summed E-state index contributed by atoms with van der Waals surface area (Å²) >= 11 is 0. The quantitative estimate of drug-likeness (QED) is 0.847. The topological polar surface area (TPSA) is 49.7 Å². The lowest BCUT2D eigenvalue weighted by Crippen LogP contribution is -2.57. The zero-order valence-electron chi connectivity index (χ0n) is 12.1. The average molecular weight is 303 g/mol. The van der Waals surface area contributed by atoms with Crippen LogP contribution in [-0.2, 0) is 4.84 Å². The van der Waals surface area contributed by atoms with Crippen LogP contribution in [0.15, 0.2) is 28.7 Å². The Balaban J connectivity index is 1.44. The summed E-state index contributed by atoms with van der Waals surface area (Å²) in [5, 5.41) is 2.55. The molecule has 2 aromatic rings. The molecule has 4 aliphatic rings. The summed E-state index contributed by atoms with van der Waals surface area (Å²) in [7, 11) is 0. The van der Waals surface area contributed by atoms with E-state index in [2.05, 4.69) is 11.0 Å². The lowest BCUT2D eigenvalue weighted by atomic mass is 9.66. The van der Waals surface area contributed by atoms with Crippen molar-refractivity contribution in [1.82, 2.24) is 11.0 Å². The van der Waals surface area contributed by atoms with Crippen LogP contribution in [0, 0.1) is 17.7 Å². The Hall–Kier alpha value is -1.63. The van der Waals surface area contributed by atoms with Gasteiger partial charge >= 0.3 is 0 Å². The van der Waals surface area contributed by atoms with Gasteiger partial charge in [0.1, 0.15) is 11.4 Å². The molecule has 4 fully saturated rings. The second kappa shape index (κ2) is 4.44. The fourth-order valence-corrected chi connectivity index (χ4v) is 4.25.